The lowest BCUT2D eigenvalue weighted by atomic mass is 10.3. The first kappa shape index (κ1) is 15.6. The Labute approximate surface area is 129 Å². The monoisotopic (exact) mass is 378 g/mol. The fourth-order valence-electron chi connectivity index (χ4n) is 1.62. The number of nitrogens with zero attached hydrogens (tertiary/aromatic N) is 2. The Balaban J connectivity index is 0.00000162. The third-order valence-electron chi connectivity index (χ3n) is 2.45. The van der Waals surface area contributed by atoms with Crippen LogP contribution in [0, 0.1) is 0 Å². The van der Waals surface area contributed by atoms with Gasteiger partial charge < -0.3 is 10.6 Å². The molecule has 2 heterocycles. The maximum Gasteiger partial charge on any atom is 0.191 e. The Kier molecular flexibility index (Phi) is 7.41. The molecule has 2 rings (SSSR count). The van der Waals surface area contributed by atoms with E-state index in [1.54, 1.807) is 11.8 Å². The number of hydrogen-bond acceptors (Lipinski definition) is 5. The topological polar surface area (TPSA) is 49.3 Å². The molecule has 1 aliphatic heterocycles. The maximum atomic E-state index is 4.38. The summed E-state index contributed by atoms with van der Waals surface area (Å²) in [4.78, 5) is 8.69. The van der Waals surface area contributed by atoms with Crippen LogP contribution in [0.3, 0.4) is 0 Å². The molecule has 2 N–H and O–H groups in total. The molecule has 1 aliphatic rings. The van der Waals surface area contributed by atoms with Gasteiger partial charge in [0, 0.05) is 25.8 Å². The zero-order chi connectivity index (χ0) is 11.9. The summed E-state index contributed by atoms with van der Waals surface area (Å²) in [5.74, 6) is 1.97. The Morgan fingerprint density at radius 2 is 2.39 bits per heavy atom. The molecule has 0 radical (unpaired) electrons. The molecule has 0 saturated carbocycles. The molecule has 1 aromatic rings. The number of thioether (sulfide) groups is 1. The average Bonchev–Trinajstić information content (AvgIpc) is 2.39. The Bertz CT molecular complexity index is 397. The van der Waals surface area contributed by atoms with E-state index in [1.807, 2.05) is 12.3 Å². The molecule has 0 aliphatic carbocycles. The van der Waals surface area contributed by atoms with Crippen LogP contribution in [0.25, 0.3) is 0 Å². The second-order valence-corrected chi connectivity index (χ2v) is 5.08. The van der Waals surface area contributed by atoms with Gasteiger partial charge in [0.1, 0.15) is 0 Å². The Hall–Kier alpha value is -0.500. The fourth-order valence-corrected chi connectivity index (χ4v) is 2.29. The predicted molar refractivity (Wildman–Crippen MR) is 87.8 cm³/mol. The highest BCUT2D eigenvalue weighted by atomic mass is 127. The third-order valence-corrected chi connectivity index (χ3v) is 3.26. The van der Waals surface area contributed by atoms with E-state index in [-0.39, 0.29) is 24.0 Å². The van der Waals surface area contributed by atoms with Gasteiger partial charge in [-0.1, -0.05) is 6.92 Å². The molecule has 0 saturated heterocycles. The van der Waals surface area contributed by atoms with Crippen LogP contribution in [0.1, 0.15) is 18.9 Å². The van der Waals surface area contributed by atoms with E-state index in [0.29, 0.717) is 0 Å². The van der Waals surface area contributed by atoms with Gasteiger partial charge in [-0.25, -0.2) is 4.98 Å². The molecular weight excluding hydrogens is 359 g/mol. The van der Waals surface area contributed by atoms with E-state index in [9.17, 15) is 0 Å². The summed E-state index contributed by atoms with van der Waals surface area (Å²) in [6.45, 7) is 4.87. The van der Waals surface area contributed by atoms with Gasteiger partial charge in [0.25, 0.3) is 0 Å². The van der Waals surface area contributed by atoms with Crippen molar-refractivity contribution < 1.29 is 0 Å². The normalized spacial score (nSPS) is 14.2. The Morgan fingerprint density at radius 1 is 1.50 bits per heavy atom. The highest BCUT2D eigenvalue weighted by Crippen LogP contribution is 2.15. The van der Waals surface area contributed by atoms with Gasteiger partial charge in [-0.3, -0.25) is 4.99 Å². The molecule has 18 heavy (non-hydrogen) atoms. The standard InChI is InChI=1S/C12H18N4S.HI/c1-2-17-11-8-10(4-7-13-11)9-16-12-14-5-3-6-15-12;/h4,7-8H,2-3,5-6,9H2,1H3,(H2,14,15,16);1H. The number of guanidine groups is 1. The number of aromatic nitrogens is 1. The van der Waals surface area contributed by atoms with Crippen LogP contribution in [-0.4, -0.2) is 29.8 Å². The van der Waals surface area contributed by atoms with Crippen LogP contribution in [0.15, 0.2) is 28.3 Å². The number of nitrogens with one attached hydrogen (secondary N) is 2. The summed E-state index contributed by atoms with van der Waals surface area (Å²) < 4.78 is 0. The van der Waals surface area contributed by atoms with E-state index in [0.717, 1.165) is 42.8 Å². The molecule has 0 unspecified atom stereocenters. The second kappa shape index (κ2) is 8.58. The van der Waals surface area contributed by atoms with Crippen molar-refractivity contribution in [3.8, 4) is 0 Å². The van der Waals surface area contributed by atoms with Gasteiger partial charge >= 0.3 is 0 Å². The highest BCUT2D eigenvalue weighted by Gasteiger charge is 2.03. The first-order valence-corrected chi connectivity index (χ1v) is 6.97. The molecule has 0 aromatic carbocycles. The average molecular weight is 378 g/mol. The van der Waals surface area contributed by atoms with Crippen LogP contribution in [-0.2, 0) is 6.54 Å². The smallest absolute Gasteiger partial charge is 0.191 e. The van der Waals surface area contributed by atoms with E-state index in [1.165, 1.54) is 5.56 Å². The van der Waals surface area contributed by atoms with Crippen molar-refractivity contribution in [2.75, 3.05) is 18.8 Å². The first-order valence-electron chi connectivity index (χ1n) is 5.98. The molecule has 0 bridgehead atoms. The summed E-state index contributed by atoms with van der Waals surface area (Å²) in [6.07, 6.45) is 2.99. The van der Waals surface area contributed by atoms with Crippen LogP contribution in [0.2, 0.25) is 0 Å². The summed E-state index contributed by atoms with van der Waals surface area (Å²) in [6, 6.07) is 4.17. The molecule has 4 nitrogen and oxygen atoms in total. The highest BCUT2D eigenvalue weighted by molar-refractivity contribution is 14.0. The molecule has 0 atom stereocenters. The van der Waals surface area contributed by atoms with Crippen LogP contribution in [0.4, 0.5) is 0 Å². The molecule has 0 fully saturated rings. The van der Waals surface area contributed by atoms with Crippen molar-refractivity contribution in [2.24, 2.45) is 4.99 Å². The summed E-state index contributed by atoms with van der Waals surface area (Å²) in [7, 11) is 0. The quantitative estimate of drug-likeness (QED) is 0.624. The minimum Gasteiger partial charge on any atom is -0.356 e. The van der Waals surface area contributed by atoms with Gasteiger partial charge in [0.2, 0.25) is 0 Å². The lowest BCUT2D eigenvalue weighted by molar-refractivity contribution is 0.701. The summed E-state index contributed by atoms with van der Waals surface area (Å²) >= 11 is 1.77. The molecular formula is C12H19IN4S. The zero-order valence-corrected chi connectivity index (χ0v) is 13.6. The van der Waals surface area contributed by atoms with Gasteiger partial charge in [0.15, 0.2) is 5.96 Å². The van der Waals surface area contributed by atoms with E-state index >= 15 is 0 Å². The molecule has 100 valence electrons. The molecule has 1 aromatic heterocycles. The third kappa shape index (κ3) is 5.01. The zero-order valence-electron chi connectivity index (χ0n) is 10.5. The number of rotatable bonds is 4. The van der Waals surface area contributed by atoms with Crippen molar-refractivity contribution in [1.29, 1.82) is 0 Å². The largest absolute Gasteiger partial charge is 0.356 e. The van der Waals surface area contributed by atoms with Crippen LogP contribution in [0.5, 0.6) is 0 Å². The molecule has 0 spiro atoms. The van der Waals surface area contributed by atoms with Crippen molar-refractivity contribution >= 4 is 41.7 Å². The van der Waals surface area contributed by atoms with Gasteiger partial charge in [0.05, 0.1) is 5.03 Å². The van der Waals surface area contributed by atoms with E-state index in [2.05, 4.69) is 33.6 Å². The van der Waals surface area contributed by atoms with Crippen molar-refractivity contribution in [3.05, 3.63) is 23.9 Å². The summed E-state index contributed by atoms with van der Waals surface area (Å²) in [5.41, 5.74) is 1.24. The second-order valence-electron chi connectivity index (χ2n) is 3.80. The van der Waals surface area contributed by atoms with Gasteiger partial charge in [-0.05, 0) is 29.9 Å². The Morgan fingerprint density at radius 3 is 3.11 bits per heavy atom. The fraction of sp³-hybridized carbons (Fsp3) is 0.500. The number of halogens is 1. The maximum absolute atomic E-state index is 4.38. The van der Waals surface area contributed by atoms with E-state index < -0.39 is 0 Å². The number of pyridine rings is 1. The number of hydrogen-bond donors (Lipinski definition) is 2. The van der Waals surface area contributed by atoms with Crippen molar-refractivity contribution in [1.82, 2.24) is 15.6 Å². The van der Waals surface area contributed by atoms with Gasteiger partial charge in [-0.2, -0.15) is 0 Å². The van der Waals surface area contributed by atoms with Gasteiger partial charge in [-0.15, -0.1) is 35.7 Å². The summed E-state index contributed by atoms with van der Waals surface area (Å²) in [5, 5.41) is 7.64. The minimum atomic E-state index is 0. The predicted octanol–water partition coefficient (Wildman–Crippen LogP) is 2.25. The lowest BCUT2D eigenvalue weighted by Gasteiger charge is -2.16. The lowest BCUT2D eigenvalue weighted by Crippen LogP contribution is -2.40. The van der Waals surface area contributed by atoms with Crippen LogP contribution < -0.4 is 10.6 Å². The SMILES string of the molecule is CCSc1cc(CNC2=NCCCN2)ccn1.I. The van der Waals surface area contributed by atoms with Crippen molar-refractivity contribution in [2.45, 2.75) is 24.9 Å². The number of aliphatic imine (C=N–C) groups is 1. The van der Waals surface area contributed by atoms with Crippen LogP contribution >= 0.6 is 35.7 Å². The molecule has 6 heteroatoms. The minimum absolute atomic E-state index is 0. The molecule has 0 amide bonds. The van der Waals surface area contributed by atoms with Crippen molar-refractivity contribution in [3.63, 3.8) is 0 Å². The van der Waals surface area contributed by atoms with E-state index in [4.69, 9.17) is 0 Å². The first-order chi connectivity index (χ1) is 8.38.